The van der Waals surface area contributed by atoms with Gasteiger partial charge in [0.05, 0.1) is 24.0 Å². The fourth-order valence-electron chi connectivity index (χ4n) is 4.51. The van der Waals surface area contributed by atoms with Crippen LogP contribution in [0.1, 0.15) is 44.7 Å². The summed E-state index contributed by atoms with van der Waals surface area (Å²) in [6.45, 7) is 4.51. The molecule has 2 atom stereocenters. The monoisotopic (exact) mass is 492 g/mol. The van der Waals surface area contributed by atoms with Crippen LogP contribution >= 0.6 is 11.6 Å². The first-order valence-corrected chi connectivity index (χ1v) is 12.8. The number of methoxy groups -OCH3 is 1. The maximum absolute atomic E-state index is 13.2. The molecule has 0 aromatic heterocycles. The maximum atomic E-state index is 13.2. The lowest BCUT2D eigenvalue weighted by Crippen LogP contribution is -2.48. The molecule has 9 heteroatoms. The van der Waals surface area contributed by atoms with Gasteiger partial charge in [0.1, 0.15) is 17.1 Å². The molecule has 2 aliphatic rings. The highest BCUT2D eigenvalue weighted by Crippen LogP contribution is 2.41. The minimum Gasteiger partial charge on any atom is -0.497 e. The van der Waals surface area contributed by atoms with E-state index in [1.54, 1.807) is 19.2 Å². The summed E-state index contributed by atoms with van der Waals surface area (Å²) < 4.78 is 39.0. The van der Waals surface area contributed by atoms with E-state index in [1.807, 2.05) is 32.0 Å². The average Bonchev–Trinajstić information content (AvgIpc) is 2.78. The van der Waals surface area contributed by atoms with Gasteiger partial charge in [0.15, 0.2) is 0 Å². The summed E-state index contributed by atoms with van der Waals surface area (Å²) in [4.78, 5) is 13.4. The second-order valence-electron chi connectivity index (χ2n) is 9.19. The Bertz CT molecular complexity index is 1130. The lowest BCUT2D eigenvalue weighted by Gasteiger charge is -2.39. The number of nitrogens with one attached hydrogen (secondary N) is 1. The average molecular weight is 493 g/mol. The van der Waals surface area contributed by atoms with Gasteiger partial charge in [-0.3, -0.25) is 4.79 Å². The first-order chi connectivity index (χ1) is 15.6. The molecule has 1 amide bonds. The van der Waals surface area contributed by atoms with E-state index in [0.717, 1.165) is 5.56 Å². The highest BCUT2D eigenvalue weighted by atomic mass is 35.5. The van der Waals surface area contributed by atoms with Crippen molar-refractivity contribution < 1.29 is 22.7 Å². The van der Waals surface area contributed by atoms with Crippen LogP contribution in [0.2, 0.25) is 5.02 Å². The molecule has 1 fully saturated rings. The van der Waals surface area contributed by atoms with Gasteiger partial charge in [-0.2, -0.15) is 4.31 Å². The molecule has 2 aromatic carbocycles. The first kappa shape index (κ1) is 23.9. The lowest BCUT2D eigenvalue weighted by molar-refractivity contribution is -0.127. The summed E-state index contributed by atoms with van der Waals surface area (Å²) >= 11 is 5.90. The Morgan fingerprint density at radius 3 is 2.64 bits per heavy atom. The molecule has 2 aliphatic heterocycles. The molecule has 0 spiro atoms. The summed E-state index contributed by atoms with van der Waals surface area (Å²) in [5, 5.41) is 3.63. The minimum atomic E-state index is -3.69. The second-order valence-corrected chi connectivity index (χ2v) is 11.6. The lowest BCUT2D eigenvalue weighted by atomic mass is 9.88. The van der Waals surface area contributed by atoms with Gasteiger partial charge >= 0.3 is 0 Å². The third-order valence-corrected chi connectivity index (χ3v) is 8.33. The molecule has 2 aromatic rings. The van der Waals surface area contributed by atoms with Crippen molar-refractivity contribution in [3.05, 3.63) is 53.1 Å². The van der Waals surface area contributed by atoms with E-state index in [-0.39, 0.29) is 23.4 Å². The first-order valence-electron chi connectivity index (χ1n) is 11.0. The van der Waals surface area contributed by atoms with Crippen molar-refractivity contribution in [2.45, 2.75) is 49.6 Å². The number of amides is 1. The van der Waals surface area contributed by atoms with Crippen LogP contribution in [0.25, 0.3) is 0 Å². The molecular formula is C24H29ClN2O5S. The topological polar surface area (TPSA) is 84.9 Å². The molecule has 0 bridgehead atoms. The molecule has 1 saturated heterocycles. The van der Waals surface area contributed by atoms with Crippen molar-refractivity contribution in [2.24, 2.45) is 5.92 Å². The van der Waals surface area contributed by atoms with Crippen LogP contribution in [0.5, 0.6) is 11.5 Å². The van der Waals surface area contributed by atoms with Crippen molar-refractivity contribution in [3.8, 4) is 11.5 Å². The zero-order valence-electron chi connectivity index (χ0n) is 19.0. The standard InChI is InChI=1S/C24H29ClN2O5S/c1-24(2)14-21(20-11-8-18(31-3)13-22(20)32-24)26-23(28)16-5-4-12-27(15-16)33(29,30)19-9-6-17(25)7-10-19/h6-11,13,16,21H,4-5,12,14-15H2,1-3H3,(H,26,28)/t16-,21+/m0/s1. The van der Waals surface area contributed by atoms with Crippen molar-refractivity contribution in [3.63, 3.8) is 0 Å². The highest BCUT2D eigenvalue weighted by Gasteiger charge is 2.38. The van der Waals surface area contributed by atoms with Crippen molar-refractivity contribution in [2.75, 3.05) is 20.2 Å². The highest BCUT2D eigenvalue weighted by molar-refractivity contribution is 7.89. The number of sulfonamides is 1. The molecule has 4 rings (SSSR count). The van der Waals surface area contributed by atoms with Crippen LogP contribution in [0.4, 0.5) is 0 Å². The normalized spacial score (nSPS) is 22.7. The summed E-state index contributed by atoms with van der Waals surface area (Å²) in [5.41, 5.74) is 0.429. The van der Waals surface area contributed by atoms with Gasteiger partial charge in [0, 0.05) is 36.2 Å². The molecule has 33 heavy (non-hydrogen) atoms. The van der Waals surface area contributed by atoms with Gasteiger partial charge in [-0.05, 0) is 63.1 Å². The van der Waals surface area contributed by atoms with Crippen molar-refractivity contribution in [1.82, 2.24) is 9.62 Å². The van der Waals surface area contributed by atoms with E-state index in [2.05, 4.69) is 5.32 Å². The van der Waals surface area contributed by atoms with E-state index in [1.165, 1.54) is 16.4 Å². The van der Waals surface area contributed by atoms with E-state index in [4.69, 9.17) is 21.1 Å². The molecule has 0 unspecified atom stereocenters. The Labute approximate surface area is 200 Å². The maximum Gasteiger partial charge on any atom is 0.243 e. The molecule has 0 radical (unpaired) electrons. The Hall–Kier alpha value is -2.29. The van der Waals surface area contributed by atoms with Gasteiger partial charge in [-0.1, -0.05) is 11.6 Å². The van der Waals surface area contributed by atoms with E-state index in [0.29, 0.717) is 42.3 Å². The van der Waals surface area contributed by atoms with Crippen LogP contribution in [0.3, 0.4) is 0 Å². The number of fused-ring (bicyclic) bond motifs is 1. The van der Waals surface area contributed by atoms with Crippen LogP contribution < -0.4 is 14.8 Å². The van der Waals surface area contributed by atoms with Gasteiger partial charge in [0.25, 0.3) is 0 Å². The van der Waals surface area contributed by atoms with Crippen LogP contribution in [-0.2, 0) is 14.8 Å². The van der Waals surface area contributed by atoms with Gasteiger partial charge in [-0.25, -0.2) is 8.42 Å². The molecule has 1 N–H and O–H groups in total. The second kappa shape index (κ2) is 9.16. The Kier molecular flexibility index (Phi) is 6.62. The Morgan fingerprint density at radius 2 is 1.94 bits per heavy atom. The van der Waals surface area contributed by atoms with Crippen molar-refractivity contribution in [1.29, 1.82) is 0 Å². The number of nitrogens with zero attached hydrogens (tertiary/aromatic N) is 1. The summed E-state index contributed by atoms with van der Waals surface area (Å²) in [6.07, 6.45) is 1.87. The van der Waals surface area contributed by atoms with E-state index < -0.39 is 21.5 Å². The summed E-state index contributed by atoms with van der Waals surface area (Å²) in [7, 11) is -2.09. The van der Waals surface area contributed by atoms with Gasteiger partial charge in [0.2, 0.25) is 15.9 Å². The van der Waals surface area contributed by atoms with Crippen LogP contribution in [0, 0.1) is 5.92 Å². The molecule has 178 valence electrons. The predicted octanol–water partition coefficient (Wildman–Crippen LogP) is 4.17. The number of carbonyl (C=O) groups is 1. The SMILES string of the molecule is COc1ccc2c(c1)OC(C)(C)C[C@H]2NC(=O)[C@H]1CCCN(S(=O)(=O)c2ccc(Cl)cc2)C1. The third kappa shape index (κ3) is 5.13. The molecule has 2 heterocycles. The van der Waals surface area contributed by atoms with E-state index in [9.17, 15) is 13.2 Å². The van der Waals surface area contributed by atoms with Crippen LogP contribution in [-0.4, -0.2) is 44.4 Å². The van der Waals surface area contributed by atoms with Crippen molar-refractivity contribution >= 4 is 27.5 Å². The van der Waals surface area contributed by atoms with Crippen LogP contribution in [0.15, 0.2) is 47.4 Å². The number of rotatable bonds is 5. The molecular weight excluding hydrogens is 464 g/mol. The largest absolute Gasteiger partial charge is 0.497 e. The summed E-state index contributed by atoms with van der Waals surface area (Å²) in [5.74, 6) is 0.808. The quantitative estimate of drug-likeness (QED) is 0.677. The fourth-order valence-corrected chi connectivity index (χ4v) is 6.16. The van der Waals surface area contributed by atoms with Gasteiger partial charge < -0.3 is 14.8 Å². The smallest absolute Gasteiger partial charge is 0.243 e. The fraction of sp³-hybridized carbons (Fsp3) is 0.458. The molecule has 0 saturated carbocycles. The number of halogens is 1. The zero-order chi connectivity index (χ0) is 23.8. The summed E-state index contributed by atoms with van der Waals surface area (Å²) in [6, 6.07) is 11.5. The number of carbonyl (C=O) groups excluding carboxylic acids is 1. The number of piperidine rings is 1. The minimum absolute atomic E-state index is 0.143. The zero-order valence-corrected chi connectivity index (χ0v) is 20.6. The Balaban J connectivity index is 1.50. The Morgan fingerprint density at radius 1 is 1.21 bits per heavy atom. The number of ether oxygens (including phenoxy) is 2. The number of benzene rings is 2. The van der Waals surface area contributed by atoms with Gasteiger partial charge in [-0.15, -0.1) is 0 Å². The van der Waals surface area contributed by atoms with E-state index >= 15 is 0 Å². The number of hydrogen-bond donors (Lipinski definition) is 1. The predicted molar refractivity (Wildman–Crippen MR) is 126 cm³/mol. The third-order valence-electron chi connectivity index (χ3n) is 6.20. The number of hydrogen-bond acceptors (Lipinski definition) is 5. The molecule has 0 aliphatic carbocycles. The molecule has 7 nitrogen and oxygen atoms in total.